The number of nitrogens with zero attached hydrogens (tertiary/aromatic N) is 2. The van der Waals surface area contributed by atoms with Crippen LogP contribution in [-0.4, -0.2) is 20.7 Å². The first kappa shape index (κ1) is 18.6. The Hall–Kier alpha value is -2.75. The molecule has 10 heteroatoms. The van der Waals surface area contributed by atoms with Gasteiger partial charge in [0.15, 0.2) is 5.78 Å². The molecule has 140 valence electrons. The second-order valence-corrected chi connectivity index (χ2v) is 8.18. The number of thioether (sulfide) groups is 1. The third-order valence-electron chi connectivity index (χ3n) is 4.01. The maximum absolute atomic E-state index is 12.7. The molecule has 0 saturated carbocycles. The van der Waals surface area contributed by atoms with E-state index in [1.807, 2.05) is 0 Å². The second-order valence-electron chi connectivity index (χ2n) is 5.77. The average molecular weight is 432 g/mol. The summed E-state index contributed by atoms with van der Waals surface area (Å²) in [5, 5.41) is 22.0. The molecule has 3 aromatic rings. The maximum atomic E-state index is 12.7. The summed E-state index contributed by atoms with van der Waals surface area (Å²) in [6, 6.07) is 7.36. The molecule has 0 spiro atoms. The van der Waals surface area contributed by atoms with Crippen LogP contribution in [0.2, 0.25) is 5.02 Å². The average Bonchev–Trinajstić information content (AvgIpc) is 3.38. The fourth-order valence-electron chi connectivity index (χ4n) is 2.71. The van der Waals surface area contributed by atoms with Crippen LogP contribution in [0.1, 0.15) is 16.7 Å². The Morgan fingerprint density at radius 2 is 2.14 bits per heavy atom. The van der Waals surface area contributed by atoms with E-state index in [-0.39, 0.29) is 16.5 Å². The topological polar surface area (TPSA) is 110 Å². The number of halogens is 1. The minimum absolute atomic E-state index is 0.100. The Balaban J connectivity index is 1.64. The lowest BCUT2D eigenvalue weighted by Crippen LogP contribution is -2.11. The number of nitrogens with one attached hydrogen (secondary N) is 1. The number of ketones is 1. The molecule has 1 saturated heterocycles. The van der Waals surface area contributed by atoms with Gasteiger partial charge in [0.1, 0.15) is 22.4 Å². The fraction of sp³-hybridized carbons (Fsp3) is 0.0556. The molecule has 1 aromatic carbocycles. The number of Topliss-reactive ketones (excluding diaryl/α,β-unsaturated/α-hetero) is 1. The lowest BCUT2D eigenvalue weighted by Gasteiger charge is -2.01. The van der Waals surface area contributed by atoms with E-state index in [2.05, 4.69) is 4.98 Å². The maximum Gasteiger partial charge on any atom is 0.270 e. The highest BCUT2D eigenvalue weighted by atomic mass is 35.5. The van der Waals surface area contributed by atoms with Gasteiger partial charge in [-0.15, -0.1) is 11.3 Å². The van der Waals surface area contributed by atoms with Crippen LogP contribution in [0, 0.1) is 15.5 Å². The summed E-state index contributed by atoms with van der Waals surface area (Å²) in [5.41, 5.74) is 0.288. The smallest absolute Gasteiger partial charge is 0.270 e. The summed E-state index contributed by atoms with van der Waals surface area (Å²) in [4.78, 5) is 27.7. The van der Waals surface area contributed by atoms with Gasteiger partial charge in [-0.05, 0) is 24.3 Å². The Morgan fingerprint density at radius 1 is 1.32 bits per heavy atom. The third-order valence-corrected chi connectivity index (χ3v) is 6.18. The summed E-state index contributed by atoms with van der Waals surface area (Å²) in [7, 11) is 0. The number of allylic oxidation sites excluding steroid dienone is 1. The van der Waals surface area contributed by atoms with Crippen LogP contribution < -0.4 is 0 Å². The van der Waals surface area contributed by atoms with E-state index in [9.17, 15) is 14.9 Å². The summed E-state index contributed by atoms with van der Waals surface area (Å²) in [6.45, 7) is 0. The molecule has 1 aliphatic heterocycles. The lowest BCUT2D eigenvalue weighted by molar-refractivity contribution is -0.384. The van der Waals surface area contributed by atoms with Gasteiger partial charge in [0.25, 0.3) is 5.69 Å². The molecule has 28 heavy (non-hydrogen) atoms. The summed E-state index contributed by atoms with van der Waals surface area (Å²) >= 11 is 8.56. The number of aromatic nitrogens is 1. The van der Waals surface area contributed by atoms with Crippen LogP contribution in [0.5, 0.6) is 0 Å². The third kappa shape index (κ3) is 3.39. The van der Waals surface area contributed by atoms with Gasteiger partial charge in [-0.3, -0.25) is 20.3 Å². The van der Waals surface area contributed by atoms with Crippen molar-refractivity contribution >= 4 is 57.3 Å². The highest BCUT2D eigenvalue weighted by Gasteiger charge is 2.38. The van der Waals surface area contributed by atoms with Crippen LogP contribution in [0.25, 0.3) is 17.4 Å². The number of non-ortho nitro benzene ring substituents is 1. The molecular weight excluding hydrogens is 422 g/mol. The molecule has 4 rings (SSSR count). The molecule has 0 bridgehead atoms. The highest BCUT2D eigenvalue weighted by molar-refractivity contribution is 8.19. The molecule has 2 aromatic heterocycles. The van der Waals surface area contributed by atoms with Crippen LogP contribution in [0.15, 0.2) is 51.2 Å². The molecule has 3 heterocycles. The zero-order chi connectivity index (χ0) is 19.8. The molecule has 0 amide bonds. The Kier molecular flexibility index (Phi) is 4.88. The van der Waals surface area contributed by atoms with Crippen LogP contribution >= 0.6 is 34.7 Å². The van der Waals surface area contributed by atoms with Crippen molar-refractivity contribution in [2.45, 2.75) is 5.92 Å². The Bertz CT molecular complexity index is 1140. The van der Waals surface area contributed by atoms with E-state index in [1.54, 1.807) is 29.8 Å². The largest absolute Gasteiger partial charge is 0.457 e. The predicted molar refractivity (Wildman–Crippen MR) is 109 cm³/mol. The first-order valence-electron chi connectivity index (χ1n) is 7.90. The Labute approximate surface area is 171 Å². The van der Waals surface area contributed by atoms with E-state index in [0.717, 1.165) is 11.8 Å². The molecule has 0 aliphatic carbocycles. The molecule has 0 radical (unpaired) electrons. The molecule has 1 fully saturated rings. The summed E-state index contributed by atoms with van der Waals surface area (Å²) in [5.74, 6) is -0.128. The number of rotatable bonds is 4. The van der Waals surface area contributed by atoms with Gasteiger partial charge >= 0.3 is 0 Å². The fourth-order valence-corrected chi connectivity index (χ4v) is 4.71. The molecule has 1 N–H and O–H groups in total. The molecule has 1 aliphatic rings. The number of carbonyl (C=O) groups is 1. The standard InChI is InChI=1S/C18H10ClN3O4S2/c19-12-3-1-9(22(24)25)7-11(12)13-4-2-10(26-13)8-14-16(23)15(17(20)28-14)18-21-5-6-27-18/h1-8,15,20H/b14-8-,20-17?/t15-/m0/s1. The van der Waals surface area contributed by atoms with Gasteiger partial charge in [0.05, 0.1) is 19.9 Å². The van der Waals surface area contributed by atoms with Crippen molar-refractivity contribution in [3.8, 4) is 11.3 Å². The summed E-state index contributed by atoms with van der Waals surface area (Å²) in [6.07, 6.45) is 3.17. The number of benzene rings is 1. The van der Waals surface area contributed by atoms with E-state index in [4.69, 9.17) is 21.4 Å². The van der Waals surface area contributed by atoms with Crippen molar-refractivity contribution in [3.63, 3.8) is 0 Å². The quantitative estimate of drug-likeness (QED) is 0.337. The summed E-state index contributed by atoms with van der Waals surface area (Å²) < 4.78 is 5.72. The minimum Gasteiger partial charge on any atom is -0.457 e. The van der Waals surface area contributed by atoms with Gasteiger partial charge in [-0.2, -0.15) is 0 Å². The molecule has 7 nitrogen and oxygen atoms in total. The molecule has 1 atom stereocenters. The van der Waals surface area contributed by atoms with Gasteiger partial charge < -0.3 is 4.42 Å². The number of nitro groups is 1. The van der Waals surface area contributed by atoms with Crippen molar-refractivity contribution in [2.24, 2.45) is 0 Å². The molecular formula is C18H10ClN3O4S2. The second kappa shape index (κ2) is 7.34. The first-order chi connectivity index (χ1) is 13.4. The minimum atomic E-state index is -0.670. The van der Waals surface area contributed by atoms with E-state index < -0.39 is 10.8 Å². The van der Waals surface area contributed by atoms with E-state index in [0.29, 0.717) is 32.0 Å². The van der Waals surface area contributed by atoms with Crippen molar-refractivity contribution in [1.29, 1.82) is 5.41 Å². The lowest BCUT2D eigenvalue weighted by atomic mass is 10.1. The zero-order valence-corrected chi connectivity index (χ0v) is 16.3. The number of thiazole rings is 1. The number of hydrogen-bond donors (Lipinski definition) is 1. The van der Waals surface area contributed by atoms with Crippen molar-refractivity contribution in [1.82, 2.24) is 4.98 Å². The number of furan rings is 1. The molecule has 0 unspecified atom stereocenters. The van der Waals surface area contributed by atoms with E-state index >= 15 is 0 Å². The number of carbonyl (C=O) groups excluding carboxylic acids is 1. The normalized spacial score (nSPS) is 18.2. The SMILES string of the molecule is N=C1S/C(=C\c2ccc(-c3cc([N+](=O)[O-])ccc3Cl)o2)C(=O)[C@@H]1c1nccs1. The van der Waals surface area contributed by atoms with Gasteiger partial charge in [-0.25, -0.2) is 4.98 Å². The zero-order valence-electron chi connectivity index (χ0n) is 13.9. The van der Waals surface area contributed by atoms with Crippen molar-refractivity contribution in [2.75, 3.05) is 0 Å². The Morgan fingerprint density at radius 3 is 2.86 bits per heavy atom. The number of hydrogen-bond acceptors (Lipinski definition) is 8. The van der Waals surface area contributed by atoms with Gasteiger partial charge in [0, 0.05) is 29.3 Å². The van der Waals surface area contributed by atoms with Crippen molar-refractivity contribution < 1.29 is 14.1 Å². The van der Waals surface area contributed by atoms with E-state index in [1.165, 1.54) is 29.5 Å². The predicted octanol–water partition coefficient (Wildman–Crippen LogP) is 5.38. The monoisotopic (exact) mass is 431 g/mol. The van der Waals surface area contributed by atoms with Crippen LogP contribution in [-0.2, 0) is 4.79 Å². The first-order valence-corrected chi connectivity index (χ1v) is 9.97. The van der Waals surface area contributed by atoms with Crippen LogP contribution in [0.3, 0.4) is 0 Å². The van der Waals surface area contributed by atoms with Crippen LogP contribution in [0.4, 0.5) is 5.69 Å². The number of nitro benzene ring substituents is 1. The highest BCUT2D eigenvalue weighted by Crippen LogP contribution is 2.41. The van der Waals surface area contributed by atoms with Crippen molar-refractivity contribution in [3.05, 3.63) is 72.7 Å². The van der Waals surface area contributed by atoms with Gasteiger partial charge in [0.2, 0.25) is 0 Å². The van der Waals surface area contributed by atoms with Gasteiger partial charge in [-0.1, -0.05) is 23.4 Å².